The van der Waals surface area contributed by atoms with E-state index in [4.69, 9.17) is 0 Å². The van der Waals surface area contributed by atoms with Gasteiger partial charge in [-0.2, -0.15) is 0 Å². The molecule has 1 aromatic heterocycles. The summed E-state index contributed by atoms with van der Waals surface area (Å²) >= 11 is 1.32. The molecule has 152 valence electrons. The molecule has 0 spiro atoms. The van der Waals surface area contributed by atoms with Crippen molar-refractivity contribution in [3.05, 3.63) is 64.9 Å². The standard InChI is InChI=1S/C19H19FN4O3S2/c1-2-3-4-17-22-23-19(28-17)21-18(25)13-5-11-16(12-6-13)29(26,27)24-15-9-7-14(20)8-10-15/h5-12,24H,2-4H2,1H3,(H,21,23,25). The largest absolute Gasteiger partial charge is 0.296 e. The maximum Gasteiger partial charge on any atom is 0.261 e. The first-order chi connectivity index (χ1) is 13.9. The fourth-order valence-corrected chi connectivity index (χ4v) is 4.26. The van der Waals surface area contributed by atoms with Crippen LogP contribution in [-0.2, 0) is 16.4 Å². The zero-order chi connectivity index (χ0) is 20.9. The molecule has 0 aliphatic carbocycles. The number of aromatic nitrogens is 2. The number of anilines is 2. The molecular weight excluding hydrogens is 415 g/mol. The SMILES string of the molecule is CCCCc1nnc(NC(=O)c2ccc(S(=O)(=O)Nc3ccc(F)cc3)cc2)s1. The third-order valence-electron chi connectivity index (χ3n) is 3.95. The first-order valence-corrected chi connectivity index (χ1v) is 11.2. The van der Waals surface area contributed by atoms with Crippen molar-refractivity contribution in [2.75, 3.05) is 10.0 Å². The molecule has 0 saturated carbocycles. The van der Waals surface area contributed by atoms with E-state index >= 15 is 0 Å². The smallest absolute Gasteiger partial charge is 0.261 e. The number of nitrogens with one attached hydrogen (secondary N) is 2. The number of benzene rings is 2. The average Bonchev–Trinajstić information content (AvgIpc) is 3.15. The Morgan fingerprint density at radius 1 is 1.07 bits per heavy atom. The second-order valence-electron chi connectivity index (χ2n) is 6.20. The number of carbonyl (C=O) groups is 1. The van der Waals surface area contributed by atoms with E-state index in [1.54, 1.807) is 0 Å². The normalized spacial score (nSPS) is 11.2. The number of halogens is 1. The first-order valence-electron chi connectivity index (χ1n) is 8.89. The highest BCUT2D eigenvalue weighted by Crippen LogP contribution is 2.20. The Bertz CT molecular complexity index is 1080. The molecule has 10 heteroatoms. The fourth-order valence-electron chi connectivity index (χ4n) is 2.42. The second-order valence-corrected chi connectivity index (χ2v) is 8.94. The average molecular weight is 435 g/mol. The number of nitrogens with zero attached hydrogens (tertiary/aromatic N) is 2. The van der Waals surface area contributed by atoms with Gasteiger partial charge in [-0.3, -0.25) is 14.8 Å². The summed E-state index contributed by atoms with van der Waals surface area (Å²) in [7, 11) is -3.86. The number of carbonyl (C=O) groups excluding carboxylic acids is 1. The summed E-state index contributed by atoms with van der Waals surface area (Å²) in [5, 5.41) is 11.9. The van der Waals surface area contributed by atoms with Gasteiger partial charge in [-0.25, -0.2) is 12.8 Å². The highest BCUT2D eigenvalue weighted by molar-refractivity contribution is 7.92. The van der Waals surface area contributed by atoms with Crippen LogP contribution in [0.1, 0.15) is 35.1 Å². The zero-order valence-electron chi connectivity index (χ0n) is 15.6. The molecule has 7 nitrogen and oxygen atoms in total. The van der Waals surface area contributed by atoms with Gasteiger partial charge >= 0.3 is 0 Å². The summed E-state index contributed by atoms with van der Waals surface area (Å²) in [6, 6.07) is 10.4. The number of unbranched alkanes of at least 4 members (excludes halogenated alkanes) is 1. The molecule has 0 radical (unpaired) electrons. The maximum atomic E-state index is 13.0. The molecule has 1 heterocycles. The van der Waals surface area contributed by atoms with Gasteiger partial charge in [0.05, 0.1) is 4.90 Å². The zero-order valence-corrected chi connectivity index (χ0v) is 17.2. The van der Waals surface area contributed by atoms with Gasteiger partial charge in [-0.15, -0.1) is 10.2 Å². The lowest BCUT2D eigenvalue weighted by Gasteiger charge is -2.08. The third-order valence-corrected chi connectivity index (χ3v) is 6.25. The third kappa shape index (κ3) is 5.58. The van der Waals surface area contributed by atoms with Gasteiger partial charge in [0.25, 0.3) is 15.9 Å². The topological polar surface area (TPSA) is 101 Å². The van der Waals surface area contributed by atoms with Crippen LogP contribution in [0.4, 0.5) is 15.2 Å². The van der Waals surface area contributed by atoms with Gasteiger partial charge in [-0.1, -0.05) is 24.7 Å². The molecule has 29 heavy (non-hydrogen) atoms. The minimum absolute atomic E-state index is 0.0175. The summed E-state index contributed by atoms with van der Waals surface area (Å²) in [5.41, 5.74) is 0.527. The van der Waals surface area contributed by atoms with Crippen LogP contribution >= 0.6 is 11.3 Å². The summed E-state index contributed by atoms with van der Waals surface area (Å²) < 4.78 is 40.2. The summed E-state index contributed by atoms with van der Waals surface area (Å²) in [5.74, 6) is -0.866. The highest BCUT2D eigenvalue weighted by Gasteiger charge is 2.16. The van der Waals surface area contributed by atoms with Crippen molar-refractivity contribution < 1.29 is 17.6 Å². The van der Waals surface area contributed by atoms with Crippen LogP contribution in [-0.4, -0.2) is 24.5 Å². The minimum atomic E-state index is -3.86. The molecule has 3 aromatic rings. The van der Waals surface area contributed by atoms with E-state index in [2.05, 4.69) is 27.2 Å². The van der Waals surface area contributed by atoms with Crippen LogP contribution in [0.2, 0.25) is 0 Å². The fraction of sp³-hybridized carbons (Fsp3) is 0.211. The maximum absolute atomic E-state index is 13.0. The van der Waals surface area contributed by atoms with E-state index in [1.807, 2.05) is 0 Å². The van der Waals surface area contributed by atoms with E-state index < -0.39 is 21.7 Å². The van der Waals surface area contributed by atoms with Crippen LogP contribution in [0.15, 0.2) is 53.4 Å². The van der Waals surface area contributed by atoms with E-state index in [9.17, 15) is 17.6 Å². The number of rotatable bonds is 8. The van der Waals surface area contributed by atoms with Gasteiger partial charge in [0.1, 0.15) is 10.8 Å². The number of sulfonamides is 1. The number of hydrogen-bond donors (Lipinski definition) is 2. The van der Waals surface area contributed by atoms with Crippen LogP contribution in [0, 0.1) is 5.82 Å². The molecule has 2 N–H and O–H groups in total. The van der Waals surface area contributed by atoms with Gasteiger partial charge in [0, 0.05) is 17.7 Å². The van der Waals surface area contributed by atoms with Gasteiger partial charge in [-0.05, 0) is 55.0 Å². The second kappa shape index (κ2) is 9.10. The quantitative estimate of drug-likeness (QED) is 0.556. The number of aryl methyl sites for hydroxylation is 1. The summed E-state index contributed by atoms with van der Waals surface area (Å²) in [4.78, 5) is 12.3. The van der Waals surface area contributed by atoms with Gasteiger partial charge in [0.2, 0.25) is 5.13 Å². The molecule has 0 aliphatic rings. The lowest BCUT2D eigenvalue weighted by Crippen LogP contribution is -2.14. The van der Waals surface area contributed by atoms with Crippen LogP contribution in [0.25, 0.3) is 0 Å². The van der Waals surface area contributed by atoms with Crippen LogP contribution in [0.3, 0.4) is 0 Å². The Hall–Kier alpha value is -2.85. The Balaban J connectivity index is 1.66. The molecule has 0 aliphatic heterocycles. The van der Waals surface area contributed by atoms with Gasteiger partial charge in [0.15, 0.2) is 0 Å². The predicted molar refractivity (Wildman–Crippen MR) is 110 cm³/mol. The van der Waals surface area contributed by atoms with Crippen LogP contribution < -0.4 is 10.0 Å². The predicted octanol–water partition coefficient (Wildman–Crippen LogP) is 4.07. The number of hydrogen-bond acceptors (Lipinski definition) is 6. The molecule has 0 saturated heterocycles. The monoisotopic (exact) mass is 434 g/mol. The Morgan fingerprint density at radius 2 is 1.76 bits per heavy atom. The molecule has 0 fully saturated rings. The Morgan fingerprint density at radius 3 is 2.41 bits per heavy atom. The molecule has 0 bridgehead atoms. The molecule has 1 amide bonds. The molecular formula is C19H19FN4O3S2. The lowest BCUT2D eigenvalue weighted by atomic mass is 10.2. The minimum Gasteiger partial charge on any atom is -0.296 e. The van der Waals surface area contributed by atoms with Crippen LogP contribution in [0.5, 0.6) is 0 Å². The van der Waals surface area contributed by atoms with E-state index in [-0.39, 0.29) is 16.1 Å². The van der Waals surface area contributed by atoms with Crippen molar-refractivity contribution in [1.82, 2.24) is 10.2 Å². The van der Waals surface area contributed by atoms with Crippen molar-refractivity contribution in [1.29, 1.82) is 0 Å². The van der Waals surface area contributed by atoms with Crippen molar-refractivity contribution in [2.45, 2.75) is 31.1 Å². The van der Waals surface area contributed by atoms with Gasteiger partial charge < -0.3 is 0 Å². The van der Waals surface area contributed by atoms with E-state index in [1.165, 1.54) is 47.7 Å². The highest BCUT2D eigenvalue weighted by atomic mass is 32.2. The van der Waals surface area contributed by atoms with Crippen molar-refractivity contribution in [2.24, 2.45) is 0 Å². The summed E-state index contributed by atoms with van der Waals surface area (Å²) in [6.45, 7) is 2.09. The van der Waals surface area contributed by atoms with E-state index in [0.717, 1.165) is 36.4 Å². The first kappa shape index (κ1) is 20.9. The molecule has 0 atom stereocenters. The van der Waals surface area contributed by atoms with Crippen molar-refractivity contribution in [3.63, 3.8) is 0 Å². The lowest BCUT2D eigenvalue weighted by molar-refractivity contribution is 0.102. The molecule has 2 aromatic carbocycles. The molecule has 0 unspecified atom stereocenters. The Kier molecular flexibility index (Phi) is 6.55. The van der Waals surface area contributed by atoms with Crippen molar-refractivity contribution in [3.8, 4) is 0 Å². The molecule has 3 rings (SSSR count). The Labute approximate surface area is 172 Å². The summed E-state index contributed by atoms with van der Waals surface area (Å²) in [6.07, 6.45) is 2.87. The van der Waals surface area contributed by atoms with Crippen molar-refractivity contribution >= 4 is 38.1 Å². The van der Waals surface area contributed by atoms with E-state index in [0.29, 0.717) is 5.13 Å². The number of amides is 1.